The Morgan fingerprint density at radius 3 is 2.55 bits per heavy atom. The van der Waals surface area contributed by atoms with E-state index in [9.17, 15) is 5.11 Å². The average Bonchev–Trinajstić information content (AvgIpc) is 2.54. The molecular formula is C18H29NO3. The number of likely N-dealkylation sites (tertiary alicyclic amines) is 1. The minimum Gasteiger partial charge on any atom is -0.493 e. The fourth-order valence-electron chi connectivity index (χ4n) is 2.77. The Hall–Kier alpha value is -1.26. The molecule has 0 aliphatic carbocycles. The number of aliphatic hydroxyl groups is 1. The van der Waals surface area contributed by atoms with E-state index in [1.165, 1.54) is 5.56 Å². The van der Waals surface area contributed by atoms with Gasteiger partial charge in [0.25, 0.3) is 0 Å². The van der Waals surface area contributed by atoms with Gasteiger partial charge in [0.1, 0.15) is 0 Å². The predicted octanol–water partition coefficient (Wildman–Crippen LogP) is 2.93. The fourth-order valence-corrected chi connectivity index (χ4v) is 2.77. The van der Waals surface area contributed by atoms with E-state index in [0.29, 0.717) is 25.0 Å². The number of hydrogen-bond acceptors (Lipinski definition) is 4. The summed E-state index contributed by atoms with van der Waals surface area (Å²) in [5.74, 6) is 2.60. The topological polar surface area (TPSA) is 41.9 Å². The van der Waals surface area contributed by atoms with Gasteiger partial charge in [-0.25, -0.2) is 0 Å². The summed E-state index contributed by atoms with van der Waals surface area (Å²) < 4.78 is 11.3. The molecule has 22 heavy (non-hydrogen) atoms. The van der Waals surface area contributed by atoms with Gasteiger partial charge in [0.2, 0.25) is 0 Å². The third-order valence-electron chi connectivity index (χ3n) is 4.17. The molecule has 1 aliphatic heterocycles. The molecule has 2 rings (SSSR count). The maximum Gasteiger partial charge on any atom is 0.161 e. The molecule has 0 saturated carbocycles. The first-order chi connectivity index (χ1) is 10.6. The molecule has 4 nitrogen and oxygen atoms in total. The molecule has 1 N–H and O–H groups in total. The predicted molar refractivity (Wildman–Crippen MR) is 88.4 cm³/mol. The first-order valence-electron chi connectivity index (χ1n) is 8.25. The van der Waals surface area contributed by atoms with Crippen LogP contribution in [0.3, 0.4) is 0 Å². The maximum atomic E-state index is 9.22. The van der Waals surface area contributed by atoms with Crippen LogP contribution in [0.25, 0.3) is 0 Å². The molecule has 1 fully saturated rings. The summed E-state index contributed by atoms with van der Waals surface area (Å²) in [6, 6.07) is 6.20. The second-order valence-corrected chi connectivity index (χ2v) is 6.59. The summed E-state index contributed by atoms with van der Waals surface area (Å²) in [6.07, 6.45) is 2.17. The van der Waals surface area contributed by atoms with Crippen LogP contribution in [0.15, 0.2) is 18.2 Å². The van der Waals surface area contributed by atoms with E-state index in [4.69, 9.17) is 9.47 Å². The molecule has 1 aromatic rings. The molecule has 1 aliphatic rings. The highest BCUT2D eigenvalue weighted by Gasteiger charge is 2.19. The van der Waals surface area contributed by atoms with E-state index >= 15 is 0 Å². The van der Waals surface area contributed by atoms with Crippen LogP contribution in [0.4, 0.5) is 0 Å². The third kappa shape index (κ3) is 4.89. The van der Waals surface area contributed by atoms with E-state index < -0.39 is 0 Å². The molecule has 0 radical (unpaired) electrons. The van der Waals surface area contributed by atoms with Crippen molar-refractivity contribution in [3.05, 3.63) is 23.8 Å². The van der Waals surface area contributed by atoms with Crippen LogP contribution in [0, 0.1) is 11.8 Å². The van der Waals surface area contributed by atoms with E-state index in [-0.39, 0.29) is 0 Å². The van der Waals surface area contributed by atoms with Crippen molar-refractivity contribution in [1.29, 1.82) is 0 Å². The maximum absolute atomic E-state index is 9.22. The van der Waals surface area contributed by atoms with Gasteiger partial charge >= 0.3 is 0 Å². The largest absolute Gasteiger partial charge is 0.493 e. The van der Waals surface area contributed by atoms with Gasteiger partial charge in [-0.15, -0.1) is 0 Å². The van der Waals surface area contributed by atoms with Crippen molar-refractivity contribution >= 4 is 0 Å². The van der Waals surface area contributed by atoms with Crippen LogP contribution >= 0.6 is 0 Å². The quantitative estimate of drug-likeness (QED) is 0.841. The molecule has 0 aromatic heterocycles. The number of benzene rings is 1. The lowest BCUT2D eigenvalue weighted by atomic mass is 9.97. The van der Waals surface area contributed by atoms with Crippen LogP contribution in [-0.2, 0) is 6.54 Å². The van der Waals surface area contributed by atoms with Gasteiger partial charge in [-0.1, -0.05) is 19.9 Å². The second kappa shape index (κ2) is 8.39. The number of nitrogens with zero attached hydrogens (tertiary/aromatic N) is 1. The summed E-state index contributed by atoms with van der Waals surface area (Å²) in [4.78, 5) is 2.44. The average molecular weight is 307 g/mol. The van der Waals surface area contributed by atoms with Gasteiger partial charge in [-0.2, -0.15) is 0 Å². The van der Waals surface area contributed by atoms with Crippen molar-refractivity contribution in [1.82, 2.24) is 4.90 Å². The van der Waals surface area contributed by atoms with Gasteiger partial charge < -0.3 is 14.6 Å². The second-order valence-electron chi connectivity index (χ2n) is 6.59. The Bertz CT molecular complexity index is 454. The zero-order valence-corrected chi connectivity index (χ0v) is 14.0. The zero-order chi connectivity index (χ0) is 15.9. The van der Waals surface area contributed by atoms with E-state index in [2.05, 4.69) is 30.9 Å². The highest BCUT2D eigenvalue weighted by molar-refractivity contribution is 5.43. The van der Waals surface area contributed by atoms with Crippen molar-refractivity contribution in [3.8, 4) is 11.5 Å². The molecule has 1 saturated heterocycles. The monoisotopic (exact) mass is 307 g/mol. The lowest BCUT2D eigenvalue weighted by Crippen LogP contribution is -2.34. The number of rotatable bonds is 7. The number of methoxy groups -OCH3 is 1. The summed E-state index contributed by atoms with van der Waals surface area (Å²) in [5.41, 5.74) is 1.25. The third-order valence-corrected chi connectivity index (χ3v) is 4.17. The van der Waals surface area contributed by atoms with Crippen molar-refractivity contribution in [2.45, 2.75) is 33.2 Å². The SMILES string of the molecule is COc1ccc(CN2CCC(CO)CC2)cc1OCC(C)C. The minimum atomic E-state index is 0.323. The Balaban J connectivity index is 1.97. The van der Waals surface area contributed by atoms with E-state index in [0.717, 1.165) is 44.0 Å². The molecule has 0 atom stereocenters. The molecule has 1 aromatic carbocycles. The molecule has 0 unspecified atom stereocenters. The van der Waals surface area contributed by atoms with Crippen molar-refractivity contribution in [2.24, 2.45) is 11.8 Å². The Kier molecular flexibility index (Phi) is 6.52. The van der Waals surface area contributed by atoms with Crippen molar-refractivity contribution < 1.29 is 14.6 Å². The number of hydrogen-bond donors (Lipinski definition) is 1. The number of aliphatic hydroxyl groups excluding tert-OH is 1. The highest BCUT2D eigenvalue weighted by Crippen LogP contribution is 2.29. The molecular weight excluding hydrogens is 278 g/mol. The standard InChI is InChI=1S/C18H29NO3/c1-14(2)13-22-18-10-16(4-5-17(18)21-3)11-19-8-6-15(12-20)7-9-19/h4-5,10,14-15,20H,6-9,11-13H2,1-3H3. The van der Waals surface area contributed by atoms with Crippen LogP contribution in [-0.4, -0.2) is 43.4 Å². The molecule has 4 heteroatoms. The zero-order valence-electron chi connectivity index (χ0n) is 14.0. The van der Waals surface area contributed by atoms with Gasteiger partial charge in [0.05, 0.1) is 13.7 Å². The molecule has 0 spiro atoms. The Morgan fingerprint density at radius 2 is 1.95 bits per heavy atom. The van der Waals surface area contributed by atoms with Crippen LogP contribution < -0.4 is 9.47 Å². The first kappa shape index (κ1) is 17.1. The van der Waals surface area contributed by atoms with Gasteiger partial charge in [-0.3, -0.25) is 4.90 Å². The van der Waals surface area contributed by atoms with Crippen LogP contribution in [0.5, 0.6) is 11.5 Å². The van der Waals surface area contributed by atoms with E-state index in [1.54, 1.807) is 7.11 Å². The smallest absolute Gasteiger partial charge is 0.161 e. The molecule has 0 amide bonds. The molecule has 124 valence electrons. The van der Waals surface area contributed by atoms with Gasteiger partial charge in [0.15, 0.2) is 11.5 Å². The van der Waals surface area contributed by atoms with Gasteiger partial charge in [-0.05, 0) is 55.5 Å². The Labute approximate surface area is 134 Å². The number of ether oxygens (including phenoxy) is 2. The lowest BCUT2D eigenvalue weighted by molar-refractivity contribution is 0.127. The fraction of sp³-hybridized carbons (Fsp3) is 0.667. The number of piperidine rings is 1. The summed E-state index contributed by atoms with van der Waals surface area (Å²) in [6.45, 7) is 8.34. The molecule has 0 bridgehead atoms. The lowest BCUT2D eigenvalue weighted by Gasteiger charge is -2.31. The summed E-state index contributed by atoms with van der Waals surface area (Å²) >= 11 is 0. The minimum absolute atomic E-state index is 0.323. The normalized spacial score (nSPS) is 17.0. The first-order valence-corrected chi connectivity index (χ1v) is 8.25. The van der Waals surface area contributed by atoms with Crippen molar-refractivity contribution in [2.75, 3.05) is 33.4 Å². The summed E-state index contributed by atoms with van der Waals surface area (Å²) in [5, 5.41) is 9.22. The Morgan fingerprint density at radius 1 is 1.23 bits per heavy atom. The summed E-state index contributed by atoms with van der Waals surface area (Å²) in [7, 11) is 1.68. The molecule has 1 heterocycles. The van der Waals surface area contributed by atoms with Gasteiger partial charge in [0, 0.05) is 13.2 Å². The highest BCUT2D eigenvalue weighted by atomic mass is 16.5. The van der Waals surface area contributed by atoms with Crippen LogP contribution in [0.1, 0.15) is 32.3 Å². The van der Waals surface area contributed by atoms with Crippen LogP contribution in [0.2, 0.25) is 0 Å². The van der Waals surface area contributed by atoms with E-state index in [1.807, 2.05) is 6.07 Å². The van der Waals surface area contributed by atoms with Crippen molar-refractivity contribution in [3.63, 3.8) is 0 Å².